The van der Waals surface area contributed by atoms with Crippen molar-refractivity contribution in [2.45, 2.75) is 24.9 Å². The topological polar surface area (TPSA) is 26.3 Å². The summed E-state index contributed by atoms with van der Waals surface area (Å²) in [5.74, 6) is 2.25. The van der Waals surface area contributed by atoms with Crippen LogP contribution in [-0.2, 0) is 20.4 Å². The molecule has 2 saturated heterocycles. The van der Waals surface area contributed by atoms with Gasteiger partial charge in [-0.15, -0.1) is 0 Å². The molecule has 2 aliphatic rings. The molecule has 2 rings (SSSR count). The van der Waals surface area contributed by atoms with Crippen molar-refractivity contribution in [2.24, 2.45) is 0 Å². The third-order valence-corrected chi connectivity index (χ3v) is 4.75. The summed E-state index contributed by atoms with van der Waals surface area (Å²) in [5, 5.41) is 0. The largest absolute Gasteiger partial charge is 1.00 e. The Balaban J connectivity index is 0.000000980. The molecule has 0 saturated carbocycles. The summed E-state index contributed by atoms with van der Waals surface area (Å²) >= 11 is 0. The fourth-order valence-electron chi connectivity index (χ4n) is 1.99. The predicted octanol–water partition coefficient (Wildman–Crippen LogP) is -1.73. The standard InChI is InChI=1S/C10H15O2S.HI/c1-8-7-10(12-9(8)11)3-5-13(2)6-4-10;/h1,3-7H2,2H3;1H/q+1;/p-1. The molecule has 0 aromatic rings. The van der Waals surface area contributed by atoms with Crippen LogP contribution in [0.25, 0.3) is 0 Å². The van der Waals surface area contributed by atoms with Gasteiger partial charge in [-0.2, -0.15) is 0 Å². The first kappa shape index (κ1) is 12.4. The van der Waals surface area contributed by atoms with E-state index >= 15 is 0 Å². The van der Waals surface area contributed by atoms with E-state index in [1.807, 2.05) is 0 Å². The van der Waals surface area contributed by atoms with Crippen molar-refractivity contribution in [3.63, 3.8) is 0 Å². The molecular formula is C10H15IO2S. The van der Waals surface area contributed by atoms with Crippen molar-refractivity contribution in [3.8, 4) is 0 Å². The fourth-order valence-corrected chi connectivity index (χ4v) is 3.64. The van der Waals surface area contributed by atoms with Crippen LogP contribution >= 0.6 is 0 Å². The van der Waals surface area contributed by atoms with Crippen molar-refractivity contribution < 1.29 is 33.5 Å². The summed E-state index contributed by atoms with van der Waals surface area (Å²) in [6, 6.07) is 0. The first-order chi connectivity index (χ1) is 6.11. The summed E-state index contributed by atoms with van der Waals surface area (Å²) < 4.78 is 5.42. The van der Waals surface area contributed by atoms with E-state index in [9.17, 15) is 4.79 Å². The Bertz CT molecular complexity index is 239. The smallest absolute Gasteiger partial charge is 0.334 e. The lowest BCUT2D eigenvalue weighted by Gasteiger charge is -2.29. The van der Waals surface area contributed by atoms with Crippen molar-refractivity contribution in [1.82, 2.24) is 0 Å². The number of rotatable bonds is 0. The molecule has 0 N–H and O–H groups in total. The maximum Gasteiger partial charge on any atom is 0.334 e. The van der Waals surface area contributed by atoms with Crippen LogP contribution in [0.5, 0.6) is 0 Å². The first-order valence-corrected chi connectivity index (χ1v) is 6.59. The van der Waals surface area contributed by atoms with E-state index < -0.39 is 0 Å². The lowest BCUT2D eigenvalue weighted by molar-refractivity contribution is -0.146. The summed E-state index contributed by atoms with van der Waals surface area (Å²) in [4.78, 5) is 11.2. The predicted molar refractivity (Wildman–Crippen MR) is 54.8 cm³/mol. The van der Waals surface area contributed by atoms with Crippen molar-refractivity contribution in [2.75, 3.05) is 17.8 Å². The SMILES string of the molecule is C=C1CC2(CC[S+](C)CC2)OC1=O.[I-]. The van der Waals surface area contributed by atoms with E-state index in [1.54, 1.807) is 0 Å². The van der Waals surface area contributed by atoms with Gasteiger partial charge in [0.05, 0.1) is 6.26 Å². The molecule has 0 aromatic carbocycles. The molecule has 0 unspecified atom stereocenters. The van der Waals surface area contributed by atoms with Gasteiger partial charge in [-0.3, -0.25) is 0 Å². The van der Waals surface area contributed by atoms with Crippen LogP contribution in [-0.4, -0.2) is 29.3 Å². The van der Waals surface area contributed by atoms with E-state index in [-0.39, 0.29) is 35.5 Å². The second-order valence-electron chi connectivity index (χ2n) is 4.04. The van der Waals surface area contributed by atoms with Gasteiger partial charge in [0.15, 0.2) is 0 Å². The Hall–Kier alpha value is 0.290. The molecule has 0 bridgehead atoms. The lowest BCUT2D eigenvalue weighted by atomic mass is 9.92. The zero-order chi connectivity index (χ0) is 9.47. The first-order valence-electron chi connectivity index (χ1n) is 4.62. The van der Waals surface area contributed by atoms with Crippen LogP contribution in [0.3, 0.4) is 0 Å². The number of halogens is 1. The third kappa shape index (κ3) is 2.27. The van der Waals surface area contributed by atoms with E-state index in [0.29, 0.717) is 16.5 Å². The number of hydrogen-bond donors (Lipinski definition) is 0. The average Bonchev–Trinajstić information content (AvgIpc) is 2.36. The van der Waals surface area contributed by atoms with Gasteiger partial charge >= 0.3 is 5.97 Å². The number of esters is 1. The van der Waals surface area contributed by atoms with Crippen LogP contribution in [0.1, 0.15) is 19.3 Å². The van der Waals surface area contributed by atoms with Gasteiger partial charge in [-0.25, -0.2) is 4.79 Å². The molecule has 0 aromatic heterocycles. The molecule has 14 heavy (non-hydrogen) atoms. The van der Waals surface area contributed by atoms with Crippen LogP contribution in [0, 0.1) is 0 Å². The zero-order valence-electron chi connectivity index (χ0n) is 8.35. The molecule has 2 aliphatic heterocycles. The molecular weight excluding hydrogens is 311 g/mol. The summed E-state index contributed by atoms with van der Waals surface area (Å²) in [7, 11) is 0.544. The monoisotopic (exact) mass is 326 g/mol. The third-order valence-electron chi connectivity index (χ3n) is 2.95. The molecule has 0 aliphatic carbocycles. The van der Waals surface area contributed by atoms with Gasteiger partial charge in [-0.05, 0) is 10.9 Å². The minimum atomic E-state index is -0.169. The summed E-state index contributed by atoms with van der Waals surface area (Å²) in [6.45, 7) is 3.73. The minimum Gasteiger partial charge on any atom is -1.00 e. The van der Waals surface area contributed by atoms with Crippen molar-refractivity contribution in [1.29, 1.82) is 0 Å². The molecule has 2 heterocycles. The maximum absolute atomic E-state index is 11.2. The normalized spacial score (nSPS) is 36.8. The Kier molecular flexibility index (Phi) is 3.91. The molecule has 0 atom stereocenters. The van der Waals surface area contributed by atoms with Crippen LogP contribution in [0.4, 0.5) is 0 Å². The second-order valence-corrected chi connectivity index (χ2v) is 6.42. The quantitative estimate of drug-likeness (QED) is 0.229. The highest BCUT2D eigenvalue weighted by Crippen LogP contribution is 2.38. The molecule has 1 spiro atoms. The van der Waals surface area contributed by atoms with Gasteiger partial charge in [0.25, 0.3) is 0 Å². The van der Waals surface area contributed by atoms with Gasteiger partial charge in [-0.1, -0.05) is 6.58 Å². The fraction of sp³-hybridized carbons (Fsp3) is 0.700. The average molecular weight is 326 g/mol. The Morgan fingerprint density at radius 3 is 2.43 bits per heavy atom. The lowest BCUT2D eigenvalue weighted by Crippen LogP contribution is -3.00. The number of carbonyl (C=O) groups is 1. The Morgan fingerprint density at radius 1 is 1.43 bits per heavy atom. The van der Waals surface area contributed by atoms with Crippen LogP contribution in [0.15, 0.2) is 12.2 Å². The van der Waals surface area contributed by atoms with E-state index in [1.165, 1.54) is 11.5 Å². The summed E-state index contributed by atoms with van der Waals surface area (Å²) in [6.07, 6.45) is 5.14. The minimum absolute atomic E-state index is 0. The number of carbonyl (C=O) groups excluding carboxylic acids is 1. The molecule has 80 valence electrons. The van der Waals surface area contributed by atoms with Gasteiger partial charge < -0.3 is 28.7 Å². The molecule has 2 fully saturated rings. The molecule has 2 nitrogen and oxygen atoms in total. The summed E-state index contributed by atoms with van der Waals surface area (Å²) in [5.41, 5.74) is 0.520. The zero-order valence-corrected chi connectivity index (χ0v) is 11.3. The van der Waals surface area contributed by atoms with Crippen LogP contribution in [0.2, 0.25) is 0 Å². The second kappa shape index (κ2) is 4.43. The highest BCUT2D eigenvalue weighted by Gasteiger charge is 2.47. The Labute approximate surface area is 105 Å². The number of hydrogen-bond acceptors (Lipinski definition) is 2. The van der Waals surface area contributed by atoms with Gasteiger partial charge in [0.1, 0.15) is 17.1 Å². The highest BCUT2D eigenvalue weighted by atomic mass is 127. The molecule has 4 heteroatoms. The van der Waals surface area contributed by atoms with Gasteiger partial charge in [0.2, 0.25) is 0 Å². The van der Waals surface area contributed by atoms with Crippen LogP contribution < -0.4 is 24.0 Å². The van der Waals surface area contributed by atoms with Crippen molar-refractivity contribution >= 4 is 16.9 Å². The van der Waals surface area contributed by atoms with E-state index in [0.717, 1.165) is 19.3 Å². The number of ether oxygens (including phenoxy) is 1. The molecule has 0 amide bonds. The van der Waals surface area contributed by atoms with Crippen molar-refractivity contribution in [3.05, 3.63) is 12.2 Å². The highest BCUT2D eigenvalue weighted by molar-refractivity contribution is 7.96. The van der Waals surface area contributed by atoms with Gasteiger partial charge in [0, 0.05) is 24.8 Å². The Morgan fingerprint density at radius 2 is 2.00 bits per heavy atom. The van der Waals surface area contributed by atoms with E-state index in [2.05, 4.69) is 12.8 Å². The van der Waals surface area contributed by atoms with E-state index in [4.69, 9.17) is 4.74 Å². The maximum atomic E-state index is 11.2. The molecule has 0 radical (unpaired) electrons.